The van der Waals surface area contributed by atoms with Gasteiger partial charge in [-0.05, 0) is 55.8 Å². The van der Waals surface area contributed by atoms with Crippen LogP contribution < -0.4 is 9.62 Å². The van der Waals surface area contributed by atoms with Crippen LogP contribution in [0.5, 0.6) is 0 Å². The molecule has 4 rings (SSSR count). The Labute approximate surface area is 201 Å². The Morgan fingerprint density at radius 3 is 2.31 bits per heavy atom. The van der Waals surface area contributed by atoms with Gasteiger partial charge in [0.1, 0.15) is 11.6 Å². The molecule has 186 valence electrons. The monoisotopic (exact) mass is 509 g/mol. The first kappa shape index (κ1) is 25.0. The van der Waals surface area contributed by atoms with Crippen LogP contribution in [0.4, 0.5) is 29.1 Å². The fraction of sp³-hybridized carbons (Fsp3) is 0.304. The Balaban J connectivity index is 2.02. The number of nitrogens with one attached hydrogen (secondary N) is 1. The number of alkyl halides is 3. The summed E-state index contributed by atoms with van der Waals surface area (Å²) in [5.74, 6) is -1.87. The predicted molar refractivity (Wildman–Crippen MR) is 123 cm³/mol. The van der Waals surface area contributed by atoms with Gasteiger partial charge in [0.25, 0.3) is 0 Å². The van der Waals surface area contributed by atoms with E-state index in [1.807, 2.05) is 13.8 Å². The number of ether oxygens (including phenoxy) is 1. The maximum Gasteiger partial charge on any atom is 0.451 e. The van der Waals surface area contributed by atoms with E-state index >= 15 is 0 Å². The molecule has 1 saturated heterocycles. The molecule has 2 aromatic carbocycles. The standard InChI is InChI=1S/C23H22F4N4O3S/c1-13-11-31(12-14(2)34-13)21-19(16-4-3-5-18(10-16)30-35(32)33)20(15-6-8-17(24)9-7-15)28-22(29-21)23(25,26)27/h3-10,13-14,30H,11-12H2,1-2H3,(H,32,33)/p-1. The zero-order valence-corrected chi connectivity index (χ0v) is 19.5. The Morgan fingerprint density at radius 1 is 1.06 bits per heavy atom. The van der Waals surface area contributed by atoms with E-state index < -0.39 is 29.1 Å². The summed E-state index contributed by atoms with van der Waals surface area (Å²) in [4.78, 5) is 9.47. The normalized spacial score (nSPS) is 19.5. The summed E-state index contributed by atoms with van der Waals surface area (Å²) in [6.45, 7) is 4.17. The largest absolute Gasteiger partial charge is 0.755 e. The predicted octanol–water partition coefficient (Wildman–Crippen LogP) is 4.79. The summed E-state index contributed by atoms with van der Waals surface area (Å²) >= 11 is -2.61. The van der Waals surface area contributed by atoms with Crippen LogP contribution in [0.3, 0.4) is 0 Å². The van der Waals surface area contributed by atoms with Gasteiger partial charge in [0.05, 0.1) is 23.5 Å². The van der Waals surface area contributed by atoms with Crippen molar-refractivity contribution in [3.05, 3.63) is 60.2 Å². The van der Waals surface area contributed by atoms with Crippen molar-refractivity contribution < 1.29 is 31.1 Å². The lowest BCUT2D eigenvalue weighted by atomic mass is 9.98. The molecule has 1 aliphatic heterocycles. The summed E-state index contributed by atoms with van der Waals surface area (Å²) < 4.78 is 85.6. The summed E-state index contributed by atoms with van der Waals surface area (Å²) in [6, 6.07) is 11.1. The smallest absolute Gasteiger partial charge is 0.451 e. The Kier molecular flexibility index (Phi) is 7.06. The van der Waals surface area contributed by atoms with E-state index in [0.717, 1.165) is 12.1 Å². The van der Waals surface area contributed by atoms with Crippen molar-refractivity contribution in [2.45, 2.75) is 32.2 Å². The van der Waals surface area contributed by atoms with E-state index in [2.05, 4.69) is 14.7 Å². The second-order valence-electron chi connectivity index (χ2n) is 8.18. The molecule has 3 unspecified atom stereocenters. The maximum atomic E-state index is 13.9. The van der Waals surface area contributed by atoms with Crippen LogP contribution in [-0.2, 0) is 22.2 Å². The Bertz CT molecular complexity index is 1230. The van der Waals surface area contributed by atoms with Crippen molar-refractivity contribution >= 4 is 22.8 Å². The molecule has 0 saturated carbocycles. The third kappa shape index (κ3) is 5.77. The van der Waals surface area contributed by atoms with Crippen molar-refractivity contribution in [1.29, 1.82) is 0 Å². The fourth-order valence-electron chi connectivity index (χ4n) is 4.07. The number of hydrogen-bond acceptors (Lipinski definition) is 6. The highest BCUT2D eigenvalue weighted by molar-refractivity contribution is 7.80. The van der Waals surface area contributed by atoms with Crippen molar-refractivity contribution in [1.82, 2.24) is 9.97 Å². The number of rotatable bonds is 5. The lowest BCUT2D eigenvalue weighted by Crippen LogP contribution is -2.46. The van der Waals surface area contributed by atoms with E-state index in [-0.39, 0.29) is 53.6 Å². The molecule has 0 amide bonds. The van der Waals surface area contributed by atoms with Gasteiger partial charge in [-0.2, -0.15) is 13.2 Å². The second-order valence-corrected chi connectivity index (χ2v) is 8.85. The van der Waals surface area contributed by atoms with Crippen molar-refractivity contribution in [3.63, 3.8) is 0 Å². The van der Waals surface area contributed by atoms with E-state index in [9.17, 15) is 26.3 Å². The third-order valence-electron chi connectivity index (χ3n) is 5.33. The molecule has 1 N–H and O–H groups in total. The molecule has 0 bridgehead atoms. The van der Waals surface area contributed by atoms with Gasteiger partial charge >= 0.3 is 6.18 Å². The van der Waals surface area contributed by atoms with Crippen LogP contribution in [0, 0.1) is 5.82 Å². The second kappa shape index (κ2) is 9.88. The molecule has 3 atom stereocenters. The summed E-state index contributed by atoms with van der Waals surface area (Å²) in [6.07, 6.45) is -5.39. The van der Waals surface area contributed by atoms with Gasteiger partial charge in [-0.25, -0.2) is 14.4 Å². The minimum Gasteiger partial charge on any atom is -0.755 e. The van der Waals surface area contributed by atoms with Gasteiger partial charge in [-0.15, -0.1) is 0 Å². The van der Waals surface area contributed by atoms with E-state index in [0.29, 0.717) is 5.56 Å². The minimum atomic E-state index is -4.84. The van der Waals surface area contributed by atoms with Crippen LogP contribution in [0.1, 0.15) is 19.7 Å². The number of hydrogen-bond donors (Lipinski definition) is 1. The lowest BCUT2D eigenvalue weighted by Gasteiger charge is -2.37. The first-order chi connectivity index (χ1) is 16.5. The molecule has 3 aromatic rings. The van der Waals surface area contributed by atoms with Gasteiger partial charge in [-0.1, -0.05) is 12.1 Å². The van der Waals surface area contributed by atoms with E-state index in [1.165, 1.54) is 24.3 Å². The highest BCUT2D eigenvalue weighted by Gasteiger charge is 2.38. The van der Waals surface area contributed by atoms with Crippen molar-refractivity contribution in [2.24, 2.45) is 0 Å². The topological polar surface area (TPSA) is 90.4 Å². The first-order valence-electron chi connectivity index (χ1n) is 10.6. The molecule has 0 radical (unpaired) electrons. The summed E-state index contributed by atoms with van der Waals surface area (Å²) in [7, 11) is 0. The van der Waals surface area contributed by atoms with Gasteiger partial charge in [0.15, 0.2) is 0 Å². The SMILES string of the molecule is CC1CN(c2nc(C(F)(F)F)nc(-c3ccc(F)cc3)c2-c2cccc(NS(=O)[O-])c2)CC(C)O1. The quantitative estimate of drug-likeness (QED) is 0.393. The van der Waals surface area contributed by atoms with Crippen molar-refractivity contribution in [2.75, 3.05) is 22.7 Å². The van der Waals surface area contributed by atoms with E-state index in [1.54, 1.807) is 17.0 Å². The number of benzene rings is 2. The van der Waals surface area contributed by atoms with Crippen LogP contribution in [0.25, 0.3) is 22.4 Å². The van der Waals surface area contributed by atoms with Gasteiger partial charge in [0.2, 0.25) is 5.82 Å². The molecule has 0 spiro atoms. The van der Waals surface area contributed by atoms with Crippen molar-refractivity contribution in [3.8, 4) is 22.4 Å². The molecule has 1 aliphatic rings. The Morgan fingerprint density at radius 2 is 1.71 bits per heavy atom. The summed E-state index contributed by atoms with van der Waals surface area (Å²) in [5.41, 5.74) is 1.03. The van der Waals surface area contributed by atoms with Crippen LogP contribution in [0.15, 0.2) is 48.5 Å². The first-order valence-corrected chi connectivity index (χ1v) is 11.7. The number of aromatic nitrogens is 2. The number of halogens is 4. The third-order valence-corrected chi connectivity index (χ3v) is 5.74. The highest BCUT2D eigenvalue weighted by atomic mass is 32.2. The number of anilines is 2. The molecule has 1 fully saturated rings. The zero-order chi connectivity index (χ0) is 25.3. The maximum absolute atomic E-state index is 13.9. The average Bonchev–Trinajstić information content (AvgIpc) is 2.77. The van der Waals surface area contributed by atoms with Gasteiger partial charge in [0, 0.05) is 35.6 Å². The molecular formula is C23H21F4N4O3S-. The van der Waals surface area contributed by atoms with Crippen LogP contribution >= 0.6 is 0 Å². The average molecular weight is 510 g/mol. The Hall–Kier alpha value is -3.09. The fourth-order valence-corrected chi connectivity index (χ4v) is 4.39. The number of morpholine rings is 1. The zero-order valence-electron chi connectivity index (χ0n) is 18.7. The lowest BCUT2D eigenvalue weighted by molar-refractivity contribution is -0.144. The summed E-state index contributed by atoms with van der Waals surface area (Å²) in [5, 5.41) is 0. The molecule has 12 heteroatoms. The van der Waals surface area contributed by atoms with E-state index in [4.69, 9.17) is 4.74 Å². The molecular weight excluding hydrogens is 488 g/mol. The molecule has 35 heavy (non-hydrogen) atoms. The minimum absolute atomic E-state index is 0.0223. The molecule has 1 aromatic heterocycles. The van der Waals surface area contributed by atoms with Gasteiger partial charge < -0.3 is 18.9 Å². The number of nitrogens with zero attached hydrogens (tertiary/aromatic N) is 3. The molecule has 0 aliphatic carbocycles. The van der Waals surface area contributed by atoms with Crippen LogP contribution in [-0.4, -0.2) is 44.0 Å². The highest BCUT2D eigenvalue weighted by Crippen LogP contribution is 2.41. The van der Waals surface area contributed by atoms with Gasteiger partial charge in [-0.3, -0.25) is 4.21 Å². The molecule has 7 nitrogen and oxygen atoms in total. The van der Waals surface area contributed by atoms with Crippen LogP contribution in [0.2, 0.25) is 0 Å². The molecule has 2 heterocycles.